The fourth-order valence-electron chi connectivity index (χ4n) is 2.04. The highest BCUT2D eigenvalue weighted by atomic mass is 35.5. The van der Waals surface area contributed by atoms with E-state index in [9.17, 15) is 0 Å². The van der Waals surface area contributed by atoms with Crippen LogP contribution >= 0.6 is 11.6 Å². The van der Waals surface area contributed by atoms with Crippen molar-refractivity contribution in [2.75, 3.05) is 25.5 Å². The summed E-state index contributed by atoms with van der Waals surface area (Å²) in [5.41, 5.74) is 0. The molecule has 0 bridgehead atoms. The first-order chi connectivity index (χ1) is 6.28. The first-order valence-electron chi connectivity index (χ1n) is 5.21. The molecule has 13 heavy (non-hydrogen) atoms. The first kappa shape index (κ1) is 9.75. The van der Waals surface area contributed by atoms with Gasteiger partial charge in [0.2, 0.25) is 0 Å². The molecule has 2 nitrogen and oxygen atoms in total. The number of ether oxygens (including phenoxy) is 1. The maximum absolute atomic E-state index is 5.81. The molecule has 0 spiro atoms. The molecule has 2 aliphatic rings. The fourth-order valence-corrected chi connectivity index (χ4v) is 2.21. The zero-order valence-electron chi connectivity index (χ0n) is 8.21. The zero-order valence-corrected chi connectivity index (χ0v) is 8.96. The first-order valence-corrected chi connectivity index (χ1v) is 5.75. The molecular weight excluding hydrogens is 186 g/mol. The summed E-state index contributed by atoms with van der Waals surface area (Å²) < 4.78 is 5.69. The lowest BCUT2D eigenvalue weighted by Gasteiger charge is -2.36. The van der Waals surface area contributed by atoms with Gasteiger partial charge in [-0.1, -0.05) is 0 Å². The van der Waals surface area contributed by atoms with Crippen molar-refractivity contribution >= 4 is 11.6 Å². The monoisotopic (exact) mass is 203 g/mol. The highest BCUT2D eigenvalue weighted by molar-refractivity contribution is 6.18. The Balaban J connectivity index is 1.80. The van der Waals surface area contributed by atoms with E-state index >= 15 is 0 Å². The van der Waals surface area contributed by atoms with E-state index in [-0.39, 0.29) is 6.10 Å². The molecule has 3 heteroatoms. The van der Waals surface area contributed by atoms with Crippen LogP contribution < -0.4 is 0 Å². The van der Waals surface area contributed by atoms with E-state index in [0.717, 1.165) is 19.0 Å². The van der Waals surface area contributed by atoms with Gasteiger partial charge < -0.3 is 4.74 Å². The average molecular weight is 204 g/mol. The Labute approximate surface area is 85.2 Å². The molecule has 1 aliphatic heterocycles. The Morgan fingerprint density at radius 3 is 2.77 bits per heavy atom. The lowest BCUT2D eigenvalue weighted by molar-refractivity contribution is -0.0673. The topological polar surface area (TPSA) is 12.5 Å². The predicted molar refractivity (Wildman–Crippen MR) is 54.2 cm³/mol. The molecule has 1 aliphatic carbocycles. The third-order valence-electron chi connectivity index (χ3n) is 2.79. The molecule has 2 rings (SSSR count). The second-order valence-corrected chi connectivity index (χ2v) is 4.69. The molecule has 2 unspecified atom stereocenters. The molecular formula is C10H18ClNO. The Bertz CT molecular complexity index is 170. The van der Waals surface area contributed by atoms with Crippen molar-refractivity contribution < 1.29 is 4.74 Å². The van der Waals surface area contributed by atoms with E-state index < -0.39 is 0 Å². The normalized spacial score (nSPS) is 36.5. The molecule has 0 N–H and O–H groups in total. The number of hydrogen-bond donors (Lipinski definition) is 0. The predicted octanol–water partition coefficient (Wildman–Crippen LogP) is 1.72. The summed E-state index contributed by atoms with van der Waals surface area (Å²) >= 11 is 5.81. The Hall–Kier alpha value is 0.210. The minimum Gasteiger partial charge on any atom is -0.371 e. The van der Waals surface area contributed by atoms with Crippen LogP contribution in [-0.2, 0) is 4.74 Å². The van der Waals surface area contributed by atoms with E-state index in [1.807, 2.05) is 0 Å². The number of rotatable bonds is 3. The van der Waals surface area contributed by atoms with Crippen LogP contribution in [0.4, 0.5) is 0 Å². The van der Waals surface area contributed by atoms with Gasteiger partial charge in [-0.05, 0) is 25.7 Å². The maximum atomic E-state index is 5.81. The van der Waals surface area contributed by atoms with Crippen molar-refractivity contribution in [2.45, 2.75) is 32.0 Å². The van der Waals surface area contributed by atoms with Gasteiger partial charge in [-0.15, -0.1) is 11.6 Å². The third kappa shape index (κ3) is 2.83. The summed E-state index contributed by atoms with van der Waals surface area (Å²) in [4.78, 5) is 2.51. The lowest BCUT2D eigenvalue weighted by Crippen LogP contribution is -2.47. The number of alkyl halides is 1. The summed E-state index contributed by atoms with van der Waals surface area (Å²) in [6.45, 7) is 5.52. The second-order valence-electron chi connectivity index (χ2n) is 4.38. The van der Waals surface area contributed by atoms with E-state index in [2.05, 4.69) is 11.8 Å². The Morgan fingerprint density at radius 1 is 1.38 bits per heavy atom. The van der Waals surface area contributed by atoms with E-state index in [1.54, 1.807) is 0 Å². The molecule has 76 valence electrons. The highest BCUT2D eigenvalue weighted by Crippen LogP contribution is 2.30. The van der Waals surface area contributed by atoms with Gasteiger partial charge in [0.25, 0.3) is 0 Å². The highest BCUT2D eigenvalue weighted by Gasteiger charge is 2.29. The van der Waals surface area contributed by atoms with Crippen LogP contribution in [0.1, 0.15) is 19.8 Å². The molecule has 0 amide bonds. The molecule has 0 aromatic heterocycles. The fraction of sp³-hybridized carbons (Fsp3) is 1.00. The van der Waals surface area contributed by atoms with Crippen molar-refractivity contribution in [1.82, 2.24) is 4.90 Å². The SMILES string of the molecule is CC1CN(CC2CC2)CC(CCl)O1. The summed E-state index contributed by atoms with van der Waals surface area (Å²) in [5, 5.41) is 0. The molecule has 1 saturated carbocycles. The largest absolute Gasteiger partial charge is 0.371 e. The molecule has 2 atom stereocenters. The Kier molecular flexibility index (Phi) is 3.12. The van der Waals surface area contributed by atoms with Crippen LogP contribution in [0.2, 0.25) is 0 Å². The quantitative estimate of drug-likeness (QED) is 0.648. The van der Waals surface area contributed by atoms with Crippen LogP contribution in [-0.4, -0.2) is 42.6 Å². The Morgan fingerprint density at radius 2 is 2.15 bits per heavy atom. The van der Waals surface area contributed by atoms with Crippen LogP contribution in [0.15, 0.2) is 0 Å². The smallest absolute Gasteiger partial charge is 0.0841 e. The van der Waals surface area contributed by atoms with E-state index in [4.69, 9.17) is 16.3 Å². The van der Waals surface area contributed by atoms with Gasteiger partial charge in [0.15, 0.2) is 0 Å². The summed E-state index contributed by atoms with van der Waals surface area (Å²) in [6, 6.07) is 0. The van der Waals surface area contributed by atoms with Crippen molar-refractivity contribution in [3.8, 4) is 0 Å². The molecule has 0 radical (unpaired) electrons. The van der Waals surface area contributed by atoms with Gasteiger partial charge in [-0.3, -0.25) is 4.90 Å². The number of nitrogens with zero attached hydrogens (tertiary/aromatic N) is 1. The van der Waals surface area contributed by atoms with Crippen LogP contribution in [0.3, 0.4) is 0 Å². The molecule has 0 aromatic rings. The van der Waals surface area contributed by atoms with Gasteiger partial charge in [-0.2, -0.15) is 0 Å². The minimum absolute atomic E-state index is 0.254. The standard InChI is InChI=1S/C10H18ClNO/c1-8-5-12(6-9-2-3-9)7-10(4-11)13-8/h8-10H,2-7H2,1H3. The summed E-state index contributed by atoms with van der Waals surface area (Å²) in [5.74, 6) is 1.60. The van der Waals surface area contributed by atoms with Crippen molar-refractivity contribution in [1.29, 1.82) is 0 Å². The molecule has 0 aromatic carbocycles. The van der Waals surface area contributed by atoms with Crippen molar-refractivity contribution in [3.05, 3.63) is 0 Å². The van der Waals surface area contributed by atoms with Gasteiger partial charge in [0, 0.05) is 25.5 Å². The van der Waals surface area contributed by atoms with Crippen molar-refractivity contribution in [2.24, 2.45) is 5.92 Å². The minimum atomic E-state index is 0.254. The zero-order chi connectivity index (χ0) is 9.26. The average Bonchev–Trinajstić information content (AvgIpc) is 2.87. The van der Waals surface area contributed by atoms with E-state index in [1.165, 1.54) is 19.4 Å². The summed E-state index contributed by atoms with van der Waals surface area (Å²) in [7, 11) is 0. The number of halogens is 1. The summed E-state index contributed by atoms with van der Waals surface area (Å²) in [6.07, 6.45) is 3.47. The van der Waals surface area contributed by atoms with E-state index in [0.29, 0.717) is 12.0 Å². The van der Waals surface area contributed by atoms with Crippen LogP contribution in [0.25, 0.3) is 0 Å². The van der Waals surface area contributed by atoms with Gasteiger partial charge in [0.1, 0.15) is 0 Å². The van der Waals surface area contributed by atoms with Crippen molar-refractivity contribution in [3.63, 3.8) is 0 Å². The maximum Gasteiger partial charge on any atom is 0.0841 e. The lowest BCUT2D eigenvalue weighted by atomic mass is 10.2. The number of hydrogen-bond acceptors (Lipinski definition) is 2. The second kappa shape index (κ2) is 4.16. The van der Waals surface area contributed by atoms with Gasteiger partial charge in [-0.25, -0.2) is 0 Å². The molecule has 2 fully saturated rings. The van der Waals surface area contributed by atoms with Crippen LogP contribution in [0.5, 0.6) is 0 Å². The van der Waals surface area contributed by atoms with Gasteiger partial charge >= 0.3 is 0 Å². The third-order valence-corrected chi connectivity index (χ3v) is 3.13. The molecule has 1 saturated heterocycles. The van der Waals surface area contributed by atoms with Gasteiger partial charge in [0.05, 0.1) is 12.2 Å². The molecule has 1 heterocycles. The number of morpholine rings is 1. The van der Waals surface area contributed by atoms with Crippen LogP contribution in [0, 0.1) is 5.92 Å².